The molecule has 0 amide bonds. The lowest BCUT2D eigenvalue weighted by atomic mass is 9.78. The molecule has 0 bridgehead atoms. The first-order valence-corrected chi connectivity index (χ1v) is 8.18. The molecule has 21 heavy (non-hydrogen) atoms. The normalized spacial score (nSPS) is 18.3. The zero-order valence-electron chi connectivity index (χ0n) is 11.3. The summed E-state index contributed by atoms with van der Waals surface area (Å²) in [5.74, 6) is -0.710. The summed E-state index contributed by atoms with van der Waals surface area (Å²) in [6, 6.07) is 4.66. The van der Waals surface area contributed by atoms with E-state index in [1.165, 1.54) is 18.2 Å². The van der Waals surface area contributed by atoms with Gasteiger partial charge in [-0.15, -0.1) is 0 Å². The average Bonchev–Trinajstić information content (AvgIpc) is 2.33. The van der Waals surface area contributed by atoms with E-state index in [0.717, 1.165) is 12.5 Å². The molecule has 0 atom stereocenters. The molecule has 1 aliphatic rings. The van der Waals surface area contributed by atoms with E-state index >= 15 is 0 Å². The summed E-state index contributed by atoms with van der Waals surface area (Å²) in [6.07, 6.45) is -2.20. The van der Waals surface area contributed by atoms with Gasteiger partial charge in [0.25, 0.3) is 0 Å². The standard InChI is InChI=1S/C13H17F3N2O2S/c14-13(15,16)11-5-2-1-4-10(11)8-21(19,20)18-9-12(17)6-3-7-12/h1-2,4-5,18H,3,6-9,17H2. The van der Waals surface area contributed by atoms with Crippen LogP contribution < -0.4 is 10.5 Å². The number of nitrogens with one attached hydrogen (secondary N) is 1. The fraction of sp³-hybridized carbons (Fsp3) is 0.538. The van der Waals surface area contributed by atoms with Crippen LogP contribution in [0, 0.1) is 0 Å². The molecule has 1 aliphatic carbocycles. The molecular formula is C13H17F3N2O2S. The SMILES string of the molecule is NC1(CNS(=O)(=O)Cc2ccccc2C(F)(F)F)CCC1. The van der Waals surface area contributed by atoms with Gasteiger partial charge in [-0.25, -0.2) is 13.1 Å². The second-order valence-corrected chi connectivity index (χ2v) is 7.26. The summed E-state index contributed by atoms with van der Waals surface area (Å²) >= 11 is 0. The summed E-state index contributed by atoms with van der Waals surface area (Å²) in [5, 5.41) is 0. The van der Waals surface area contributed by atoms with Gasteiger partial charge in [-0.3, -0.25) is 0 Å². The molecule has 2 rings (SSSR count). The van der Waals surface area contributed by atoms with Gasteiger partial charge in [-0.2, -0.15) is 13.2 Å². The molecule has 0 unspecified atom stereocenters. The summed E-state index contributed by atoms with van der Waals surface area (Å²) in [5.41, 5.74) is 4.14. The molecule has 1 fully saturated rings. The molecule has 1 saturated carbocycles. The van der Waals surface area contributed by atoms with Gasteiger partial charge < -0.3 is 5.73 Å². The first-order chi connectivity index (χ1) is 9.61. The van der Waals surface area contributed by atoms with E-state index in [1.807, 2.05) is 0 Å². The summed E-state index contributed by atoms with van der Waals surface area (Å²) in [7, 11) is -3.86. The third kappa shape index (κ3) is 4.18. The Morgan fingerprint density at radius 1 is 1.24 bits per heavy atom. The van der Waals surface area contributed by atoms with E-state index in [0.29, 0.717) is 12.8 Å². The second kappa shape index (κ2) is 5.58. The van der Waals surface area contributed by atoms with Crippen LogP contribution >= 0.6 is 0 Å². The van der Waals surface area contributed by atoms with Crippen molar-refractivity contribution in [2.45, 2.75) is 36.7 Å². The van der Waals surface area contributed by atoms with Crippen LogP contribution in [0.3, 0.4) is 0 Å². The topological polar surface area (TPSA) is 72.2 Å². The van der Waals surface area contributed by atoms with Crippen LogP contribution in [0.2, 0.25) is 0 Å². The molecule has 3 N–H and O–H groups in total. The van der Waals surface area contributed by atoms with Gasteiger partial charge in [-0.05, 0) is 30.9 Å². The van der Waals surface area contributed by atoms with Gasteiger partial charge in [0.05, 0.1) is 11.3 Å². The lowest BCUT2D eigenvalue weighted by Crippen LogP contribution is -2.55. The highest BCUT2D eigenvalue weighted by atomic mass is 32.2. The van der Waals surface area contributed by atoms with Crippen molar-refractivity contribution in [3.8, 4) is 0 Å². The fourth-order valence-corrected chi connectivity index (χ4v) is 3.51. The van der Waals surface area contributed by atoms with E-state index in [4.69, 9.17) is 5.73 Å². The number of sulfonamides is 1. The summed E-state index contributed by atoms with van der Waals surface area (Å²) in [6.45, 7) is 0.0590. The van der Waals surface area contributed by atoms with Crippen LogP contribution in [-0.2, 0) is 22.0 Å². The Labute approximate surface area is 121 Å². The molecule has 4 nitrogen and oxygen atoms in total. The fourth-order valence-electron chi connectivity index (χ4n) is 2.24. The van der Waals surface area contributed by atoms with E-state index in [9.17, 15) is 21.6 Å². The zero-order chi connectivity index (χ0) is 15.7. The average molecular weight is 322 g/mol. The van der Waals surface area contributed by atoms with Crippen LogP contribution in [0.25, 0.3) is 0 Å². The van der Waals surface area contributed by atoms with E-state index in [2.05, 4.69) is 4.72 Å². The molecule has 0 saturated heterocycles. The van der Waals surface area contributed by atoms with Gasteiger partial charge in [0, 0.05) is 12.1 Å². The molecular weight excluding hydrogens is 305 g/mol. The Bertz CT molecular complexity index is 610. The number of nitrogens with two attached hydrogens (primary N) is 1. The van der Waals surface area contributed by atoms with Gasteiger partial charge in [0.1, 0.15) is 0 Å². The van der Waals surface area contributed by atoms with Crippen molar-refractivity contribution in [3.63, 3.8) is 0 Å². The lowest BCUT2D eigenvalue weighted by Gasteiger charge is -2.38. The molecule has 118 valence electrons. The van der Waals surface area contributed by atoms with E-state index in [-0.39, 0.29) is 12.1 Å². The maximum absolute atomic E-state index is 12.8. The van der Waals surface area contributed by atoms with Crippen molar-refractivity contribution in [2.24, 2.45) is 5.73 Å². The number of hydrogen-bond acceptors (Lipinski definition) is 3. The molecule has 8 heteroatoms. The minimum Gasteiger partial charge on any atom is -0.324 e. The van der Waals surface area contributed by atoms with Crippen LogP contribution in [0.1, 0.15) is 30.4 Å². The van der Waals surface area contributed by atoms with Crippen LogP contribution in [0.5, 0.6) is 0 Å². The van der Waals surface area contributed by atoms with E-state index in [1.54, 1.807) is 0 Å². The monoisotopic (exact) mass is 322 g/mol. The van der Waals surface area contributed by atoms with Crippen molar-refractivity contribution >= 4 is 10.0 Å². The summed E-state index contributed by atoms with van der Waals surface area (Å²) < 4.78 is 64.7. The minimum atomic E-state index is -4.57. The van der Waals surface area contributed by atoms with Crippen LogP contribution in [0.4, 0.5) is 13.2 Å². The molecule has 0 spiro atoms. The van der Waals surface area contributed by atoms with Crippen molar-refractivity contribution in [1.29, 1.82) is 0 Å². The highest BCUT2D eigenvalue weighted by Gasteiger charge is 2.36. The second-order valence-electron chi connectivity index (χ2n) is 5.45. The first kappa shape index (κ1) is 16.3. The molecule has 0 radical (unpaired) electrons. The smallest absolute Gasteiger partial charge is 0.324 e. The Morgan fingerprint density at radius 3 is 2.38 bits per heavy atom. The minimum absolute atomic E-state index is 0.0590. The van der Waals surface area contributed by atoms with Crippen molar-refractivity contribution in [2.75, 3.05) is 6.54 Å². The van der Waals surface area contributed by atoms with Crippen molar-refractivity contribution in [1.82, 2.24) is 4.72 Å². The van der Waals surface area contributed by atoms with Gasteiger partial charge in [-0.1, -0.05) is 18.2 Å². The largest absolute Gasteiger partial charge is 0.416 e. The number of hydrogen-bond donors (Lipinski definition) is 2. The highest BCUT2D eigenvalue weighted by Crippen LogP contribution is 2.32. The van der Waals surface area contributed by atoms with Gasteiger partial charge >= 0.3 is 6.18 Å². The first-order valence-electron chi connectivity index (χ1n) is 6.53. The maximum Gasteiger partial charge on any atom is 0.416 e. The quantitative estimate of drug-likeness (QED) is 0.871. The molecule has 1 aromatic carbocycles. The van der Waals surface area contributed by atoms with Crippen LogP contribution in [0.15, 0.2) is 24.3 Å². The Kier molecular flexibility index (Phi) is 4.32. The third-order valence-corrected chi connectivity index (χ3v) is 4.94. The highest BCUT2D eigenvalue weighted by molar-refractivity contribution is 7.88. The number of benzene rings is 1. The molecule has 0 aromatic heterocycles. The lowest BCUT2D eigenvalue weighted by molar-refractivity contribution is -0.138. The molecule has 0 heterocycles. The number of rotatable bonds is 5. The zero-order valence-corrected chi connectivity index (χ0v) is 12.1. The van der Waals surface area contributed by atoms with Gasteiger partial charge in [0.15, 0.2) is 0 Å². The molecule has 0 aliphatic heterocycles. The van der Waals surface area contributed by atoms with Crippen molar-refractivity contribution < 1.29 is 21.6 Å². The van der Waals surface area contributed by atoms with Crippen molar-refractivity contribution in [3.05, 3.63) is 35.4 Å². The van der Waals surface area contributed by atoms with Gasteiger partial charge in [0.2, 0.25) is 10.0 Å². The van der Waals surface area contributed by atoms with E-state index < -0.39 is 33.1 Å². The Hall–Kier alpha value is -1.12. The Balaban J connectivity index is 2.10. The predicted octanol–water partition coefficient (Wildman–Crippen LogP) is 2.01. The predicted molar refractivity (Wildman–Crippen MR) is 72.8 cm³/mol. The number of alkyl halides is 3. The maximum atomic E-state index is 12.8. The number of halogens is 3. The Morgan fingerprint density at radius 2 is 1.86 bits per heavy atom. The van der Waals surface area contributed by atoms with Crippen LogP contribution in [-0.4, -0.2) is 20.5 Å². The third-order valence-electron chi connectivity index (χ3n) is 3.66. The summed E-state index contributed by atoms with van der Waals surface area (Å²) in [4.78, 5) is 0. The molecule has 1 aromatic rings.